The molecule has 1 heterocycles. The number of rotatable bonds is 5. The number of anilines is 1. The van der Waals surface area contributed by atoms with E-state index in [1.165, 1.54) is 5.56 Å². The molecule has 0 amide bonds. The molecule has 4 heteroatoms. The van der Waals surface area contributed by atoms with Gasteiger partial charge in [0.05, 0.1) is 0 Å². The zero-order chi connectivity index (χ0) is 14.5. The molecule has 2 aromatic rings. The van der Waals surface area contributed by atoms with E-state index in [1.54, 1.807) is 0 Å². The van der Waals surface area contributed by atoms with Crippen molar-refractivity contribution in [3.8, 4) is 0 Å². The summed E-state index contributed by atoms with van der Waals surface area (Å²) < 4.78 is 0. The molecule has 0 aliphatic rings. The minimum Gasteiger partial charge on any atom is -0.370 e. The standard InChI is InChI=1S/C16H20ClN3/c1-12(18-2)15-5-4-14(10-16(15)17)20(3)11-13-6-8-19-9-7-13/h4-10,12,18H,11H2,1-3H3. The van der Waals surface area contributed by atoms with Gasteiger partial charge in [-0.3, -0.25) is 4.98 Å². The summed E-state index contributed by atoms with van der Waals surface area (Å²) >= 11 is 6.37. The summed E-state index contributed by atoms with van der Waals surface area (Å²) in [7, 11) is 4.00. The van der Waals surface area contributed by atoms with E-state index in [4.69, 9.17) is 11.6 Å². The van der Waals surface area contributed by atoms with E-state index in [-0.39, 0.29) is 6.04 Å². The molecule has 20 heavy (non-hydrogen) atoms. The van der Waals surface area contributed by atoms with Gasteiger partial charge in [0.15, 0.2) is 0 Å². The minimum atomic E-state index is 0.252. The molecule has 0 fully saturated rings. The molecular weight excluding hydrogens is 270 g/mol. The maximum Gasteiger partial charge on any atom is 0.0474 e. The number of nitrogens with zero attached hydrogens (tertiary/aromatic N) is 2. The van der Waals surface area contributed by atoms with Crippen molar-refractivity contribution in [2.24, 2.45) is 0 Å². The molecule has 1 aromatic heterocycles. The quantitative estimate of drug-likeness (QED) is 0.911. The SMILES string of the molecule is CNC(C)c1ccc(N(C)Cc2ccncc2)cc1Cl. The van der Waals surface area contributed by atoms with Crippen molar-refractivity contribution >= 4 is 17.3 Å². The molecule has 0 radical (unpaired) electrons. The van der Waals surface area contributed by atoms with Crippen LogP contribution in [0.25, 0.3) is 0 Å². The van der Waals surface area contributed by atoms with Crippen LogP contribution in [0.3, 0.4) is 0 Å². The van der Waals surface area contributed by atoms with Crippen molar-refractivity contribution in [3.05, 3.63) is 58.9 Å². The number of nitrogens with one attached hydrogen (secondary N) is 1. The maximum atomic E-state index is 6.37. The lowest BCUT2D eigenvalue weighted by atomic mass is 10.1. The highest BCUT2D eigenvalue weighted by molar-refractivity contribution is 6.31. The van der Waals surface area contributed by atoms with Gasteiger partial charge in [-0.05, 0) is 49.4 Å². The summed E-state index contributed by atoms with van der Waals surface area (Å²) in [4.78, 5) is 6.21. The molecule has 1 unspecified atom stereocenters. The van der Waals surface area contributed by atoms with Crippen molar-refractivity contribution in [2.75, 3.05) is 19.0 Å². The van der Waals surface area contributed by atoms with Crippen LogP contribution in [-0.4, -0.2) is 19.1 Å². The highest BCUT2D eigenvalue weighted by Gasteiger charge is 2.10. The molecule has 1 N–H and O–H groups in total. The molecule has 0 bridgehead atoms. The molecule has 1 aromatic carbocycles. The second-order valence-electron chi connectivity index (χ2n) is 4.93. The molecule has 106 valence electrons. The summed E-state index contributed by atoms with van der Waals surface area (Å²) in [5, 5.41) is 4.00. The predicted octanol–water partition coefficient (Wildman–Crippen LogP) is 3.65. The van der Waals surface area contributed by atoms with Crippen LogP contribution < -0.4 is 10.2 Å². The van der Waals surface area contributed by atoms with Crippen LogP contribution in [0.1, 0.15) is 24.1 Å². The van der Waals surface area contributed by atoms with Crippen LogP contribution in [0, 0.1) is 0 Å². The highest BCUT2D eigenvalue weighted by Crippen LogP contribution is 2.27. The first-order valence-electron chi connectivity index (χ1n) is 6.68. The fourth-order valence-electron chi connectivity index (χ4n) is 2.11. The normalized spacial score (nSPS) is 12.2. The van der Waals surface area contributed by atoms with Gasteiger partial charge in [0.25, 0.3) is 0 Å². The lowest BCUT2D eigenvalue weighted by molar-refractivity contribution is 0.652. The zero-order valence-corrected chi connectivity index (χ0v) is 12.9. The third-order valence-electron chi connectivity index (χ3n) is 3.49. The molecule has 0 aliphatic heterocycles. The Bertz CT molecular complexity index is 557. The van der Waals surface area contributed by atoms with Crippen molar-refractivity contribution in [3.63, 3.8) is 0 Å². The Labute approximate surface area is 125 Å². The van der Waals surface area contributed by atoms with Gasteiger partial charge in [-0.1, -0.05) is 17.7 Å². The van der Waals surface area contributed by atoms with Gasteiger partial charge in [-0.15, -0.1) is 0 Å². The van der Waals surface area contributed by atoms with Crippen molar-refractivity contribution in [1.82, 2.24) is 10.3 Å². The van der Waals surface area contributed by atoms with Crippen molar-refractivity contribution < 1.29 is 0 Å². The topological polar surface area (TPSA) is 28.2 Å². The van der Waals surface area contributed by atoms with Gasteiger partial charge in [0.2, 0.25) is 0 Å². The van der Waals surface area contributed by atoms with Crippen LogP contribution in [0.5, 0.6) is 0 Å². The average molecular weight is 290 g/mol. The van der Waals surface area contributed by atoms with Crippen LogP contribution in [-0.2, 0) is 6.54 Å². The first-order chi connectivity index (χ1) is 9.61. The molecule has 2 rings (SSSR count). The largest absolute Gasteiger partial charge is 0.370 e. The van der Waals surface area contributed by atoms with E-state index in [2.05, 4.69) is 41.3 Å². The maximum absolute atomic E-state index is 6.37. The highest BCUT2D eigenvalue weighted by atomic mass is 35.5. The Morgan fingerprint density at radius 2 is 1.95 bits per heavy atom. The van der Waals surface area contributed by atoms with Crippen LogP contribution in [0.2, 0.25) is 5.02 Å². The van der Waals surface area contributed by atoms with E-state index < -0.39 is 0 Å². The number of benzene rings is 1. The summed E-state index contributed by atoms with van der Waals surface area (Å²) in [6.07, 6.45) is 3.63. The number of hydrogen-bond acceptors (Lipinski definition) is 3. The van der Waals surface area contributed by atoms with Gasteiger partial charge in [0.1, 0.15) is 0 Å². The molecule has 0 saturated carbocycles. The Morgan fingerprint density at radius 1 is 1.25 bits per heavy atom. The Balaban J connectivity index is 2.15. The van der Waals surface area contributed by atoms with E-state index in [0.29, 0.717) is 0 Å². The lowest BCUT2D eigenvalue weighted by Crippen LogP contribution is -2.17. The fraction of sp³-hybridized carbons (Fsp3) is 0.312. The Morgan fingerprint density at radius 3 is 2.55 bits per heavy atom. The number of pyridine rings is 1. The number of aromatic nitrogens is 1. The van der Waals surface area contributed by atoms with Crippen molar-refractivity contribution in [1.29, 1.82) is 0 Å². The Hall–Kier alpha value is -1.58. The Kier molecular flexibility index (Phi) is 4.99. The zero-order valence-electron chi connectivity index (χ0n) is 12.1. The number of halogens is 1. The third-order valence-corrected chi connectivity index (χ3v) is 3.82. The fourth-order valence-corrected chi connectivity index (χ4v) is 2.45. The summed E-state index contributed by atoms with van der Waals surface area (Å²) in [6.45, 7) is 2.93. The van der Waals surface area contributed by atoms with Gasteiger partial charge >= 0.3 is 0 Å². The molecule has 0 saturated heterocycles. The van der Waals surface area contributed by atoms with E-state index >= 15 is 0 Å². The summed E-state index contributed by atoms with van der Waals surface area (Å²) in [5.74, 6) is 0. The van der Waals surface area contributed by atoms with Gasteiger partial charge in [-0.25, -0.2) is 0 Å². The van der Waals surface area contributed by atoms with Gasteiger partial charge < -0.3 is 10.2 Å². The minimum absolute atomic E-state index is 0.252. The monoisotopic (exact) mass is 289 g/mol. The molecule has 1 atom stereocenters. The lowest BCUT2D eigenvalue weighted by Gasteiger charge is -2.21. The number of hydrogen-bond donors (Lipinski definition) is 1. The first kappa shape index (κ1) is 14.8. The molecule has 0 aliphatic carbocycles. The van der Waals surface area contributed by atoms with Gasteiger partial charge in [-0.2, -0.15) is 0 Å². The smallest absolute Gasteiger partial charge is 0.0474 e. The second kappa shape index (κ2) is 6.73. The van der Waals surface area contributed by atoms with Crippen LogP contribution >= 0.6 is 11.6 Å². The second-order valence-corrected chi connectivity index (χ2v) is 5.33. The van der Waals surface area contributed by atoms with Crippen LogP contribution in [0.15, 0.2) is 42.7 Å². The molecule has 3 nitrogen and oxygen atoms in total. The van der Waals surface area contributed by atoms with E-state index in [0.717, 1.165) is 22.8 Å². The van der Waals surface area contributed by atoms with E-state index in [1.807, 2.05) is 37.6 Å². The van der Waals surface area contributed by atoms with Crippen molar-refractivity contribution in [2.45, 2.75) is 19.5 Å². The van der Waals surface area contributed by atoms with E-state index in [9.17, 15) is 0 Å². The molecular formula is C16H20ClN3. The predicted molar refractivity (Wildman–Crippen MR) is 85.3 cm³/mol. The van der Waals surface area contributed by atoms with Crippen LogP contribution in [0.4, 0.5) is 5.69 Å². The first-order valence-corrected chi connectivity index (χ1v) is 7.06. The third kappa shape index (κ3) is 3.50. The summed E-state index contributed by atoms with van der Waals surface area (Å²) in [5.41, 5.74) is 3.46. The summed E-state index contributed by atoms with van der Waals surface area (Å²) in [6, 6.07) is 10.5. The average Bonchev–Trinajstić information content (AvgIpc) is 2.47. The molecule has 0 spiro atoms. The van der Waals surface area contributed by atoms with Gasteiger partial charge in [0, 0.05) is 42.7 Å².